The first-order chi connectivity index (χ1) is 11.3. The first kappa shape index (κ1) is 9.32. The van der Waals surface area contributed by atoms with Crippen molar-refractivity contribution in [2.24, 2.45) is 4.99 Å². The van der Waals surface area contributed by atoms with Gasteiger partial charge in [0.1, 0.15) is 6.54 Å². The number of fused-ring (bicyclic) bond motifs is 1. The Morgan fingerprint density at radius 1 is 1.30 bits per heavy atom. The first-order valence-corrected chi connectivity index (χ1v) is 6.88. The van der Waals surface area contributed by atoms with E-state index in [0.29, 0.717) is 11.3 Å². The van der Waals surface area contributed by atoms with Gasteiger partial charge in [0.2, 0.25) is 5.91 Å². The van der Waals surface area contributed by atoms with Crippen molar-refractivity contribution in [1.82, 2.24) is 0 Å². The highest BCUT2D eigenvalue weighted by Gasteiger charge is 2.19. The van der Waals surface area contributed by atoms with Gasteiger partial charge in [-0.25, -0.2) is 0 Å². The van der Waals surface area contributed by atoms with Gasteiger partial charge in [-0.05, 0) is 24.2 Å². The number of halogens is 2. The van der Waals surface area contributed by atoms with Crippen LogP contribution in [0, 0.1) is 0 Å². The first-order valence-electron chi connectivity index (χ1n) is 7.71. The fourth-order valence-electron chi connectivity index (χ4n) is 1.92. The summed E-state index contributed by atoms with van der Waals surface area (Å²) < 4.78 is 32.3. The van der Waals surface area contributed by atoms with Gasteiger partial charge in [-0.2, -0.15) is 0 Å². The monoisotopic (exact) mass is 352 g/mol. The number of aliphatic imine (C=N–C) groups is 1. The smallest absolute Gasteiger partial charge is 0.246 e. The van der Waals surface area contributed by atoms with Crippen LogP contribution in [0.2, 0.25) is 5.02 Å². The second-order valence-electron chi connectivity index (χ2n) is 4.09. The summed E-state index contributed by atoms with van der Waals surface area (Å²) in [6.07, 6.45) is 0. The molecule has 0 radical (unpaired) electrons. The van der Waals surface area contributed by atoms with Crippen molar-refractivity contribution < 1.29 is 10.3 Å². The van der Waals surface area contributed by atoms with Gasteiger partial charge in [-0.3, -0.25) is 9.79 Å². The highest BCUT2D eigenvalue weighted by molar-refractivity contribution is 9.10. The van der Waals surface area contributed by atoms with Crippen LogP contribution in [0.3, 0.4) is 0 Å². The van der Waals surface area contributed by atoms with Gasteiger partial charge in [0.25, 0.3) is 0 Å². The molecule has 1 heterocycles. The van der Waals surface area contributed by atoms with E-state index in [-0.39, 0.29) is 40.8 Å². The third-order valence-electron chi connectivity index (χ3n) is 2.77. The molecule has 100 valence electrons. The highest BCUT2D eigenvalue weighted by Crippen LogP contribution is 2.28. The number of nitrogens with zero attached hydrogens (tertiary/aromatic N) is 1. The SMILES string of the molecule is [2H]c1c([2H])c([2H])c(C2=NCC(=O)Nc3ccc(Br)cc32)c(Cl)c1[2H]. The van der Waals surface area contributed by atoms with Gasteiger partial charge in [0, 0.05) is 20.6 Å². The maximum atomic E-state index is 11.9. The van der Waals surface area contributed by atoms with Crippen LogP contribution >= 0.6 is 27.5 Å². The minimum absolute atomic E-state index is 0.0820. The lowest BCUT2D eigenvalue weighted by Crippen LogP contribution is -2.13. The molecule has 3 nitrogen and oxygen atoms in total. The summed E-state index contributed by atoms with van der Waals surface area (Å²) in [4.78, 5) is 16.1. The van der Waals surface area contributed by atoms with Crippen molar-refractivity contribution in [3.05, 3.63) is 63.0 Å². The van der Waals surface area contributed by atoms with E-state index in [4.69, 9.17) is 17.1 Å². The molecule has 1 aliphatic rings. The molecular formula is C15H10BrClN2O. The predicted molar refractivity (Wildman–Crippen MR) is 84.7 cm³/mol. The normalized spacial score (nSPS) is 16.9. The van der Waals surface area contributed by atoms with Crippen molar-refractivity contribution in [2.45, 2.75) is 0 Å². The molecule has 3 rings (SSSR count). The Hall–Kier alpha value is -1.65. The second kappa shape index (κ2) is 5.38. The molecule has 2 aromatic rings. The van der Waals surface area contributed by atoms with Crippen LogP contribution in [0.4, 0.5) is 5.69 Å². The summed E-state index contributed by atoms with van der Waals surface area (Å²) in [5.74, 6) is -0.314. The Balaban J connectivity index is 2.35. The number of hydrogen-bond acceptors (Lipinski definition) is 2. The predicted octanol–water partition coefficient (Wildman–Crippen LogP) is 3.89. The standard InChI is InChI=1S/C15H10BrClN2O/c16-9-5-6-13-11(7-9)15(18-8-14(20)19-13)10-3-1-2-4-12(10)17/h1-7H,8H2,(H,19,20)/i1D,2D,3D,4D. The number of benzodiazepines with no additional fused rings is 1. The van der Waals surface area contributed by atoms with Gasteiger partial charge in [-0.1, -0.05) is 45.7 Å². The Morgan fingerprint density at radius 3 is 2.95 bits per heavy atom. The molecule has 5 heteroatoms. The second-order valence-corrected chi connectivity index (χ2v) is 5.39. The Morgan fingerprint density at radius 2 is 2.10 bits per heavy atom. The van der Waals surface area contributed by atoms with Crippen LogP contribution in [0.25, 0.3) is 0 Å². The van der Waals surface area contributed by atoms with E-state index in [2.05, 4.69) is 26.2 Å². The van der Waals surface area contributed by atoms with Crippen LogP contribution < -0.4 is 5.32 Å². The average molecular weight is 354 g/mol. The molecule has 2 aromatic carbocycles. The zero-order valence-electron chi connectivity index (χ0n) is 14.1. The number of rotatable bonds is 1. The molecule has 1 N–H and O–H groups in total. The van der Waals surface area contributed by atoms with Gasteiger partial charge < -0.3 is 5.32 Å². The average Bonchev–Trinajstić information content (AvgIpc) is 2.70. The van der Waals surface area contributed by atoms with E-state index < -0.39 is 12.1 Å². The molecule has 0 bridgehead atoms. The van der Waals surface area contributed by atoms with Crippen LogP contribution in [0.1, 0.15) is 16.6 Å². The molecule has 1 amide bonds. The molecule has 0 atom stereocenters. The Labute approximate surface area is 135 Å². The van der Waals surface area contributed by atoms with E-state index in [1.54, 1.807) is 18.2 Å². The zero-order chi connectivity index (χ0) is 17.6. The summed E-state index contributed by atoms with van der Waals surface area (Å²) in [6.45, 7) is -0.166. The van der Waals surface area contributed by atoms with Gasteiger partial charge in [0.05, 0.1) is 16.9 Å². The molecule has 0 unspecified atom stereocenters. The van der Waals surface area contributed by atoms with Gasteiger partial charge in [0.15, 0.2) is 0 Å². The van der Waals surface area contributed by atoms with Crippen LogP contribution in [0.5, 0.6) is 0 Å². The summed E-state index contributed by atoms with van der Waals surface area (Å²) in [7, 11) is 0. The third kappa shape index (κ3) is 2.49. The minimum atomic E-state index is -0.411. The van der Waals surface area contributed by atoms with E-state index >= 15 is 0 Å². The van der Waals surface area contributed by atoms with E-state index in [0.717, 1.165) is 4.47 Å². The van der Waals surface area contributed by atoms with Crippen molar-refractivity contribution in [2.75, 3.05) is 11.9 Å². The number of amides is 1. The summed E-state index contributed by atoms with van der Waals surface area (Å²) >= 11 is 9.55. The van der Waals surface area contributed by atoms with Gasteiger partial charge >= 0.3 is 0 Å². The highest BCUT2D eigenvalue weighted by atomic mass is 79.9. The number of hydrogen-bond donors (Lipinski definition) is 1. The maximum absolute atomic E-state index is 11.9. The fourth-order valence-corrected chi connectivity index (χ4v) is 2.47. The number of carbonyl (C=O) groups excluding carboxylic acids is 1. The van der Waals surface area contributed by atoms with Crippen molar-refractivity contribution in [3.8, 4) is 0 Å². The van der Waals surface area contributed by atoms with Crippen LogP contribution in [-0.2, 0) is 4.79 Å². The quantitative estimate of drug-likeness (QED) is 0.830. The van der Waals surface area contributed by atoms with Crippen molar-refractivity contribution in [1.29, 1.82) is 0 Å². The lowest BCUT2D eigenvalue weighted by Gasteiger charge is -2.11. The Kier molecular flexibility index (Phi) is 2.51. The van der Waals surface area contributed by atoms with Crippen molar-refractivity contribution >= 4 is 44.8 Å². The minimum Gasteiger partial charge on any atom is -0.324 e. The molecule has 0 spiro atoms. The van der Waals surface area contributed by atoms with Gasteiger partial charge in [-0.15, -0.1) is 0 Å². The van der Waals surface area contributed by atoms with Crippen LogP contribution in [-0.4, -0.2) is 18.2 Å². The maximum Gasteiger partial charge on any atom is 0.246 e. The van der Waals surface area contributed by atoms with E-state index in [1.165, 1.54) is 0 Å². The third-order valence-corrected chi connectivity index (χ3v) is 3.55. The van der Waals surface area contributed by atoms with Crippen LogP contribution in [0.15, 0.2) is 51.8 Å². The number of anilines is 1. The number of benzene rings is 2. The molecule has 1 aliphatic heterocycles. The summed E-state index contributed by atoms with van der Waals surface area (Å²) in [6, 6.07) is 3.73. The molecule has 0 saturated carbocycles. The number of carbonyl (C=O) groups is 1. The largest absolute Gasteiger partial charge is 0.324 e. The zero-order valence-corrected chi connectivity index (χ0v) is 12.4. The lowest BCUT2D eigenvalue weighted by molar-refractivity contribution is -0.114. The number of nitrogens with one attached hydrogen (secondary N) is 1. The summed E-state index contributed by atoms with van der Waals surface area (Å²) in [5.41, 5.74) is 1.37. The van der Waals surface area contributed by atoms with E-state index in [1.807, 2.05) is 0 Å². The topological polar surface area (TPSA) is 41.5 Å². The molecule has 0 saturated heterocycles. The van der Waals surface area contributed by atoms with Crippen molar-refractivity contribution in [3.63, 3.8) is 0 Å². The lowest BCUT2D eigenvalue weighted by atomic mass is 10.0. The van der Waals surface area contributed by atoms with E-state index in [9.17, 15) is 4.79 Å². The molecule has 0 fully saturated rings. The summed E-state index contributed by atoms with van der Waals surface area (Å²) in [5, 5.41) is 2.59. The molecule has 20 heavy (non-hydrogen) atoms. The molecule has 0 aliphatic carbocycles. The Bertz CT molecular complexity index is 888. The molecule has 0 aromatic heterocycles. The molecular weight excluding hydrogens is 340 g/mol. The fraction of sp³-hybridized carbons (Fsp3) is 0.0667.